The van der Waals surface area contributed by atoms with Gasteiger partial charge in [-0.3, -0.25) is 14.2 Å². The second kappa shape index (κ2) is 8.23. The molecule has 1 unspecified atom stereocenters. The summed E-state index contributed by atoms with van der Waals surface area (Å²) in [4.78, 5) is 19.9. The molecule has 94 valence electrons. The minimum atomic E-state index is -2.01. The summed E-state index contributed by atoms with van der Waals surface area (Å²) >= 11 is 0. The molecule has 0 aromatic heterocycles. The van der Waals surface area contributed by atoms with Crippen LogP contribution in [0.5, 0.6) is 0 Å². The van der Waals surface area contributed by atoms with Gasteiger partial charge in [0.25, 0.3) is 0 Å². The summed E-state index contributed by atoms with van der Waals surface area (Å²) in [6.45, 7) is 0.996. The van der Waals surface area contributed by atoms with E-state index in [1.807, 2.05) is 0 Å². The van der Waals surface area contributed by atoms with E-state index in [1.54, 1.807) is 0 Å². The Kier molecular flexibility index (Phi) is 7.74. The lowest BCUT2D eigenvalue weighted by Gasteiger charge is -2.01. The molecule has 4 N–H and O–H groups in total. The number of rotatable bonds is 4. The van der Waals surface area contributed by atoms with Gasteiger partial charge >= 0.3 is 20.2 Å². The van der Waals surface area contributed by atoms with Gasteiger partial charge in [-0.25, -0.2) is 0 Å². The number of hydrogen-bond acceptors (Lipinski definition) is 6. The number of aliphatic carboxylic acids is 2. The molecule has 0 aromatic rings. The fourth-order valence-electron chi connectivity index (χ4n) is 0.694. The van der Waals surface area contributed by atoms with Gasteiger partial charge in [-0.05, 0) is 6.42 Å². The average Bonchev–Trinajstić information content (AvgIpc) is 2.66. The molecule has 1 aliphatic rings. The quantitative estimate of drug-likeness (QED) is 0.581. The van der Waals surface area contributed by atoms with Crippen LogP contribution in [-0.4, -0.2) is 41.4 Å². The number of carboxylic acid groups (broad SMARTS) is 2. The summed E-state index contributed by atoms with van der Waals surface area (Å²) in [5.74, 6) is -2.20. The third-order valence-electron chi connectivity index (χ3n) is 1.51. The zero-order valence-corrected chi connectivity index (χ0v) is 9.42. The van der Waals surface area contributed by atoms with Crippen LogP contribution in [0.4, 0.5) is 0 Å². The second-order valence-electron chi connectivity index (χ2n) is 2.82. The minimum absolute atomic E-state index is 0.0231. The normalized spacial score (nSPS) is 17.3. The molecule has 0 saturated carbocycles. The predicted octanol–water partition coefficient (Wildman–Crippen LogP) is -0.314. The lowest BCUT2D eigenvalue weighted by atomic mass is 10.2. The third kappa shape index (κ3) is 8.37. The Morgan fingerprint density at radius 2 is 1.81 bits per heavy atom. The van der Waals surface area contributed by atoms with Crippen LogP contribution in [0.2, 0.25) is 0 Å². The summed E-state index contributed by atoms with van der Waals surface area (Å²) in [7, 11) is -2.01. The van der Waals surface area contributed by atoms with Crippen molar-refractivity contribution in [3.63, 3.8) is 0 Å². The van der Waals surface area contributed by atoms with E-state index in [9.17, 15) is 14.2 Å². The van der Waals surface area contributed by atoms with E-state index in [-0.39, 0.29) is 12.8 Å². The molecule has 1 fully saturated rings. The molecule has 8 nitrogen and oxygen atoms in total. The number of carbonyl (C=O) groups is 2. The van der Waals surface area contributed by atoms with Crippen molar-refractivity contribution in [3.8, 4) is 0 Å². The van der Waals surface area contributed by atoms with Crippen molar-refractivity contribution < 1.29 is 33.4 Å². The van der Waals surface area contributed by atoms with Gasteiger partial charge < -0.3 is 25.0 Å². The van der Waals surface area contributed by atoms with Crippen LogP contribution in [0.3, 0.4) is 0 Å². The van der Waals surface area contributed by atoms with Crippen molar-refractivity contribution >= 4 is 20.2 Å². The Hall–Kier alpha value is -0.950. The van der Waals surface area contributed by atoms with Crippen molar-refractivity contribution in [2.45, 2.75) is 18.9 Å². The minimum Gasteiger partial charge on any atom is -0.481 e. The molecule has 16 heavy (non-hydrogen) atoms. The molecule has 1 heterocycles. The van der Waals surface area contributed by atoms with Crippen LogP contribution in [-0.2, 0) is 23.2 Å². The third-order valence-corrected chi connectivity index (χ3v) is 2.39. The van der Waals surface area contributed by atoms with Gasteiger partial charge in [-0.15, -0.1) is 0 Å². The molecule has 0 spiro atoms. The van der Waals surface area contributed by atoms with Gasteiger partial charge in [0.05, 0.1) is 13.2 Å². The van der Waals surface area contributed by atoms with Crippen molar-refractivity contribution in [3.05, 3.63) is 0 Å². The number of hydrogen-bond donors (Lipinski definition) is 3. The highest BCUT2D eigenvalue weighted by Crippen LogP contribution is 2.27. The highest BCUT2D eigenvalue weighted by Gasteiger charge is 2.12. The maximum Gasteiger partial charge on any atom is 0.320 e. The molecule has 1 saturated heterocycles. The maximum atomic E-state index is 9.99. The number of carboxylic acids is 2. The largest absolute Gasteiger partial charge is 0.481 e. The van der Waals surface area contributed by atoms with E-state index in [1.165, 1.54) is 0 Å². The van der Waals surface area contributed by atoms with Gasteiger partial charge in [0.2, 0.25) is 0 Å². The van der Waals surface area contributed by atoms with Crippen LogP contribution in [0, 0.1) is 0 Å². The van der Waals surface area contributed by atoms with Gasteiger partial charge in [-0.1, -0.05) is 0 Å². The monoisotopic (exact) mass is 255 g/mol. The standard InChI is InChI=1S/C5H9NO4.C2H5O3P/c6-3(5(9)10)1-2-4(7)8;3-6-4-1-2-5-6/h3H,1-2,6H2,(H,7,8)(H,9,10);6H,1-2H2. The van der Waals surface area contributed by atoms with Crippen LogP contribution in [0.1, 0.15) is 12.8 Å². The predicted molar refractivity (Wildman–Crippen MR) is 53.4 cm³/mol. The molecule has 1 rings (SSSR count). The SMILES string of the molecule is NC(CCC(=O)O)C(=O)O.O=[PH]1OCCO1. The molecule has 1 atom stereocenters. The first-order chi connectivity index (χ1) is 7.43. The molecular weight excluding hydrogens is 241 g/mol. The highest BCUT2D eigenvalue weighted by atomic mass is 31.1. The Balaban J connectivity index is 0.000000315. The highest BCUT2D eigenvalue weighted by molar-refractivity contribution is 7.33. The summed E-state index contributed by atoms with van der Waals surface area (Å²) in [5, 5.41) is 16.3. The van der Waals surface area contributed by atoms with Crippen LogP contribution in [0.25, 0.3) is 0 Å². The Morgan fingerprint density at radius 1 is 1.31 bits per heavy atom. The van der Waals surface area contributed by atoms with E-state index in [0.717, 1.165) is 0 Å². The summed E-state index contributed by atoms with van der Waals surface area (Å²) < 4.78 is 18.9. The molecule has 0 aliphatic carbocycles. The number of nitrogens with two attached hydrogens (primary N) is 1. The first kappa shape index (κ1) is 15.0. The molecule has 9 heteroatoms. The zero-order valence-electron chi connectivity index (χ0n) is 8.42. The first-order valence-electron chi connectivity index (χ1n) is 4.43. The van der Waals surface area contributed by atoms with Gasteiger partial charge in [0, 0.05) is 6.42 Å². The van der Waals surface area contributed by atoms with Crippen molar-refractivity contribution in [1.82, 2.24) is 0 Å². The van der Waals surface area contributed by atoms with E-state index in [4.69, 9.17) is 15.9 Å². The Bertz CT molecular complexity index is 261. The molecular formula is C7H14NO7P. The molecule has 0 bridgehead atoms. The van der Waals surface area contributed by atoms with Crippen molar-refractivity contribution in [2.24, 2.45) is 5.73 Å². The van der Waals surface area contributed by atoms with Crippen LogP contribution < -0.4 is 5.73 Å². The van der Waals surface area contributed by atoms with Gasteiger partial charge in [0.15, 0.2) is 0 Å². The molecule has 0 aromatic carbocycles. The van der Waals surface area contributed by atoms with Gasteiger partial charge in [-0.2, -0.15) is 0 Å². The first-order valence-corrected chi connectivity index (χ1v) is 5.65. The lowest BCUT2D eigenvalue weighted by molar-refractivity contribution is -0.139. The van der Waals surface area contributed by atoms with Crippen molar-refractivity contribution in [2.75, 3.05) is 13.2 Å². The fraction of sp³-hybridized carbons (Fsp3) is 0.714. The molecule has 1 aliphatic heterocycles. The Labute approximate surface area is 92.3 Å². The summed E-state index contributed by atoms with van der Waals surface area (Å²) in [6, 6.07) is -1.06. The summed E-state index contributed by atoms with van der Waals surface area (Å²) in [6.07, 6.45) is -0.224. The van der Waals surface area contributed by atoms with E-state index in [0.29, 0.717) is 13.2 Å². The maximum absolute atomic E-state index is 9.99. The van der Waals surface area contributed by atoms with Crippen molar-refractivity contribution in [1.29, 1.82) is 0 Å². The van der Waals surface area contributed by atoms with E-state index < -0.39 is 26.2 Å². The topological polar surface area (TPSA) is 136 Å². The fourth-order valence-corrected chi connectivity index (χ4v) is 1.28. The van der Waals surface area contributed by atoms with Gasteiger partial charge in [0.1, 0.15) is 6.04 Å². The molecule has 0 radical (unpaired) electrons. The Morgan fingerprint density at radius 3 is 2.06 bits per heavy atom. The smallest absolute Gasteiger partial charge is 0.320 e. The van der Waals surface area contributed by atoms with Crippen LogP contribution >= 0.6 is 8.25 Å². The average molecular weight is 255 g/mol. The van der Waals surface area contributed by atoms with E-state index >= 15 is 0 Å². The lowest BCUT2D eigenvalue weighted by Crippen LogP contribution is -2.30. The molecule has 0 amide bonds. The van der Waals surface area contributed by atoms with Crippen LogP contribution in [0.15, 0.2) is 0 Å². The van der Waals surface area contributed by atoms with E-state index in [2.05, 4.69) is 9.05 Å². The second-order valence-corrected chi connectivity index (χ2v) is 3.90. The summed E-state index contributed by atoms with van der Waals surface area (Å²) in [5.41, 5.74) is 5.00. The zero-order chi connectivity index (χ0) is 12.6.